The molecule has 0 aliphatic carbocycles. The molecule has 0 spiro atoms. The van der Waals surface area contributed by atoms with Crippen LogP contribution in [0.1, 0.15) is 11.1 Å². The number of rotatable bonds is 3. The molecular formula is C16H14F3N5O. The molecule has 130 valence electrons. The summed E-state index contributed by atoms with van der Waals surface area (Å²) in [6.45, 7) is 0. The molecule has 0 bridgehead atoms. The van der Waals surface area contributed by atoms with Crippen molar-refractivity contribution >= 4 is 17.3 Å². The number of anilines is 1. The van der Waals surface area contributed by atoms with Crippen LogP contribution in [0.2, 0.25) is 0 Å². The van der Waals surface area contributed by atoms with Crippen LogP contribution in [0.25, 0.3) is 5.70 Å². The summed E-state index contributed by atoms with van der Waals surface area (Å²) in [5, 5.41) is 2.57. The SMILES string of the molecule is CN1C(c2cccc(C(F)(F)F)c2)=CC1(N)C(=O)Nc1cncnc1. The number of carbonyl (C=O) groups excluding carboxylic acids is 1. The maximum Gasteiger partial charge on any atom is 0.416 e. The number of carbonyl (C=O) groups is 1. The van der Waals surface area contributed by atoms with Crippen LogP contribution in [0.3, 0.4) is 0 Å². The average Bonchev–Trinajstić information content (AvgIpc) is 2.59. The van der Waals surface area contributed by atoms with Gasteiger partial charge >= 0.3 is 6.18 Å². The van der Waals surface area contributed by atoms with Gasteiger partial charge in [-0.15, -0.1) is 0 Å². The summed E-state index contributed by atoms with van der Waals surface area (Å²) in [5.74, 6) is -0.541. The number of hydrogen-bond donors (Lipinski definition) is 2. The van der Waals surface area contributed by atoms with Crippen LogP contribution in [-0.4, -0.2) is 33.5 Å². The second kappa shape index (κ2) is 5.85. The van der Waals surface area contributed by atoms with Crippen LogP contribution in [0.4, 0.5) is 18.9 Å². The van der Waals surface area contributed by atoms with E-state index in [1.807, 2.05) is 0 Å². The zero-order valence-corrected chi connectivity index (χ0v) is 13.1. The number of halogens is 3. The predicted molar refractivity (Wildman–Crippen MR) is 84.8 cm³/mol. The molecule has 1 aliphatic heterocycles. The molecule has 2 heterocycles. The van der Waals surface area contributed by atoms with E-state index in [0.717, 1.165) is 12.1 Å². The zero-order valence-electron chi connectivity index (χ0n) is 13.1. The molecule has 2 aromatic rings. The predicted octanol–water partition coefficient (Wildman–Crippen LogP) is 2.08. The molecular weight excluding hydrogens is 335 g/mol. The maximum absolute atomic E-state index is 12.8. The van der Waals surface area contributed by atoms with Gasteiger partial charge in [-0.2, -0.15) is 13.2 Å². The molecule has 0 fully saturated rings. The molecule has 0 saturated heterocycles. The van der Waals surface area contributed by atoms with Gasteiger partial charge in [0.15, 0.2) is 5.66 Å². The third kappa shape index (κ3) is 3.05. The van der Waals surface area contributed by atoms with E-state index in [1.54, 1.807) is 0 Å². The fourth-order valence-corrected chi connectivity index (χ4v) is 2.48. The molecule has 1 amide bonds. The first-order valence-electron chi connectivity index (χ1n) is 7.21. The lowest BCUT2D eigenvalue weighted by Gasteiger charge is -2.46. The Morgan fingerprint density at radius 1 is 1.28 bits per heavy atom. The Kier molecular flexibility index (Phi) is 3.96. The van der Waals surface area contributed by atoms with Crippen LogP contribution >= 0.6 is 0 Å². The first-order chi connectivity index (χ1) is 11.7. The first-order valence-corrected chi connectivity index (χ1v) is 7.21. The van der Waals surface area contributed by atoms with Crippen molar-refractivity contribution in [3.63, 3.8) is 0 Å². The van der Waals surface area contributed by atoms with Crippen molar-refractivity contribution in [3.05, 3.63) is 60.2 Å². The lowest BCUT2D eigenvalue weighted by Crippen LogP contribution is -2.65. The van der Waals surface area contributed by atoms with E-state index < -0.39 is 23.3 Å². The Morgan fingerprint density at radius 2 is 1.96 bits per heavy atom. The van der Waals surface area contributed by atoms with Gasteiger partial charge in [-0.05, 0) is 23.8 Å². The third-order valence-corrected chi connectivity index (χ3v) is 3.94. The molecule has 25 heavy (non-hydrogen) atoms. The summed E-state index contributed by atoms with van der Waals surface area (Å²) in [6.07, 6.45) is 1.11. The van der Waals surface area contributed by atoms with E-state index in [9.17, 15) is 18.0 Å². The van der Waals surface area contributed by atoms with Gasteiger partial charge in [0.25, 0.3) is 5.91 Å². The number of benzene rings is 1. The van der Waals surface area contributed by atoms with Gasteiger partial charge in [0.2, 0.25) is 0 Å². The van der Waals surface area contributed by atoms with E-state index in [4.69, 9.17) is 5.73 Å². The molecule has 1 unspecified atom stereocenters. The van der Waals surface area contributed by atoms with E-state index in [-0.39, 0.29) is 0 Å². The number of nitrogens with one attached hydrogen (secondary N) is 1. The second-order valence-electron chi connectivity index (χ2n) is 5.57. The Hall–Kier alpha value is -2.94. The van der Waals surface area contributed by atoms with Gasteiger partial charge in [-0.25, -0.2) is 9.97 Å². The number of nitrogens with two attached hydrogens (primary N) is 1. The van der Waals surface area contributed by atoms with Gasteiger partial charge in [-0.1, -0.05) is 12.1 Å². The van der Waals surface area contributed by atoms with Gasteiger partial charge < -0.3 is 10.2 Å². The van der Waals surface area contributed by atoms with E-state index in [1.165, 1.54) is 48.9 Å². The minimum atomic E-state index is -4.44. The molecule has 1 atom stereocenters. The van der Waals surface area contributed by atoms with E-state index in [0.29, 0.717) is 16.9 Å². The molecule has 0 saturated carbocycles. The van der Waals surface area contributed by atoms with Gasteiger partial charge in [0.1, 0.15) is 6.33 Å². The lowest BCUT2D eigenvalue weighted by atomic mass is 9.92. The number of alkyl halides is 3. The van der Waals surface area contributed by atoms with Gasteiger partial charge in [-0.3, -0.25) is 10.5 Å². The highest BCUT2D eigenvalue weighted by Gasteiger charge is 2.46. The van der Waals surface area contributed by atoms with Crippen LogP contribution in [-0.2, 0) is 11.0 Å². The highest BCUT2D eigenvalue weighted by molar-refractivity contribution is 6.03. The van der Waals surface area contributed by atoms with E-state index in [2.05, 4.69) is 15.3 Å². The Labute approximate surface area is 141 Å². The minimum Gasteiger partial charge on any atom is -0.345 e. The number of nitrogens with zero attached hydrogens (tertiary/aromatic N) is 3. The number of hydrogen-bond acceptors (Lipinski definition) is 5. The topological polar surface area (TPSA) is 84.1 Å². The average molecular weight is 349 g/mol. The largest absolute Gasteiger partial charge is 0.416 e. The Balaban J connectivity index is 1.84. The summed E-state index contributed by atoms with van der Waals surface area (Å²) in [5.41, 5.74) is 4.96. The van der Waals surface area contributed by atoms with Crippen LogP contribution in [0, 0.1) is 0 Å². The molecule has 3 N–H and O–H groups in total. The Bertz CT molecular complexity index is 837. The molecule has 0 radical (unpaired) electrons. The summed E-state index contributed by atoms with van der Waals surface area (Å²) < 4.78 is 38.5. The Morgan fingerprint density at radius 3 is 2.56 bits per heavy atom. The van der Waals surface area contributed by atoms with Crippen LogP contribution in [0.5, 0.6) is 0 Å². The van der Waals surface area contributed by atoms with Crippen molar-refractivity contribution in [2.24, 2.45) is 5.73 Å². The van der Waals surface area contributed by atoms with Gasteiger partial charge in [0, 0.05) is 12.7 Å². The van der Waals surface area contributed by atoms with Crippen molar-refractivity contribution in [1.82, 2.24) is 14.9 Å². The van der Waals surface area contributed by atoms with Crippen molar-refractivity contribution in [2.75, 3.05) is 12.4 Å². The number of likely N-dealkylation sites (N-methyl/N-ethyl adjacent to an activating group) is 1. The maximum atomic E-state index is 12.8. The highest BCUT2D eigenvalue weighted by atomic mass is 19.4. The molecule has 3 rings (SSSR count). The first kappa shape index (κ1) is 16.9. The van der Waals surface area contributed by atoms with Crippen molar-refractivity contribution in [1.29, 1.82) is 0 Å². The second-order valence-corrected chi connectivity index (χ2v) is 5.57. The van der Waals surface area contributed by atoms with Crippen LogP contribution in [0.15, 0.2) is 49.1 Å². The van der Waals surface area contributed by atoms with Gasteiger partial charge in [0.05, 0.1) is 23.6 Å². The standard InChI is InChI=1S/C16H14F3N5O/c1-24-13(10-3-2-4-11(5-10)16(17,18)19)6-15(24,20)14(25)23-12-7-21-9-22-8-12/h2-9H,20H2,1H3,(H,23,25). The minimum absolute atomic E-state index is 0.328. The number of aromatic nitrogens is 2. The summed E-state index contributed by atoms with van der Waals surface area (Å²) in [4.78, 5) is 21.3. The molecule has 1 aliphatic rings. The molecule has 1 aromatic carbocycles. The van der Waals surface area contributed by atoms with Crippen molar-refractivity contribution in [2.45, 2.75) is 11.8 Å². The van der Waals surface area contributed by atoms with Crippen molar-refractivity contribution in [3.8, 4) is 0 Å². The zero-order chi connectivity index (χ0) is 18.2. The van der Waals surface area contributed by atoms with Crippen LogP contribution < -0.4 is 11.1 Å². The van der Waals surface area contributed by atoms with Crippen molar-refractivity contribution < 1.29 is 18.0 Å². The summed E-state index contributed by atoms with van der Waals surface area (Å²) >= 11 is 0. The smallest absolute Gasteiger partial charge is 0.345 e. The van der Waals surface area contributed by atoms with E-state index >= 15 is 0 Å². The molecule has 6 nitrogen and oxygen atoms in total. The highest BCUT2D eigenvalue weighted by Crippen LogP contribution is 2.38. The monoisotopic (exact) mass is 349 g/mol. The molecule has 9 heteroatoms. The molecule has 1 aromatic heterocycles. The lowest BCUT2D eigenvalue weighted by molar-refractivity contribution is -0.137. The fourth-order valence-electron chi connectivity index (χ4n) is 2.48. The third-order valence-electron chi connectivity index (χ3n) is 3.94. The fraction of sp³-hybridized carbons (Fsp3) is 0.188. The number of amides is 1. The summed E-state index contributed by atoms with van der Waals surface area (Å²) in [7, 11) is 1.54. The normalized spacial score (nSPS) is 19.9. The summed E-state index contributed by atoms with van der Waals surface area (Å²) in [6, 6.07) is 4.84. The quantitative estimate of drug-likeness (QED) is 0.886.